The van der Waals surface area contributed by atoms with E-state index in [2.05, 4.69) is 27.0 Å². The van der Waals surface area contributed by atoms with Gasteiger partial charge in [-0.3, -0.25) is 4.98 Å². The van der Waals surface area contributed by atoms with Crippen molar-refractivity contribution in [2.24, 2.45) is 0 Å². The van der Waals surface area contributed by atoms with Gasteiger partial charge in [0.2, 0.25) is 5.89 Å². The second kappa shape index (κ2) is 5.91. The van der Waals surface area contributed by atoms with Gasteiger partial charge in [-0.25, -0.2) is 0 Å². The smallest absolute Gasteiger partial charge is 0.240 e. The molecule has 0 unspecified atom stereocenters. The first-order valence-corrected chi connectivity index (χ1v) is 5.41. The molecule has 0 saturated carbocycles. The van der Waals surface area contributed by atoms with E-state index < -0.39 is 0 Å². The van der Waals surface area contributed by atoms with E-state index in [-0.39, 0.29) is 0 Å². The van der Waals surface area contributed by atoms with Crippen molar-refractivity contribution in [1.29, 1.82) is 0 Å². The largest absolute Gasteiger partial charge is 0.338 e. The van der Waals surface area contributed by atoms with Crippen LogP contribution < -0.4 is 5.32 Å². The van der Waals surface area contributed by atoms with Crippen molar-refractivity contribution >= 4 is 0 Å². The van der Waals surface area contributed by atoms with E-state index in [9.17, 15) is 0 Å². The summed E-state index contributed by atoms with van der Waals surface area (Å²) in [4.78, 5) is 8.47. The van der Waals surface area contributed by atoms with Gasteiger partial charge >= 0.3 is 0 Å². The Kier molecular flexibility index (Phi) is 3.99. The lowest BCUT2D eigenvalue weighted by Gasteiger charge is -1.94. The molecule has 2 heterocycles. The van der Waals surface area contributed by atoms with Crippen LogP contribution in [0, 0.1) is 0 Å². The molecule has 0 spiro atoms. The second-order valence-electron chi connectivity index (χ2n) is 3.52. The minimum atomic E-state index is 0.557. The van der Waals surface area contributed by atoms with E-state index >= 15 is 0 Å². The minimum absolute atomic E-state index is 0.557. The monoisotopic (exact) mass is 230 g/mol. The van der Waals surface area contributed by atoms with Gasteiger partial charge in [0.15, 0.2) is 5.82 Å². The van der Waals surface area contributed by atoms with Crippen molar-refractivity contribution in [2.75, 3.05) is 6.54 Å². The molecule has 2 aromatic rings. The van der Waals surface area contributed by atoms with Gasteiger partial charge in [-0.1, -0.05) is 17.3 Å². The molecule has 2 aromatic heterocycles. The SMILES string of the molecule is C=CCNCc1nc(Cc2ccccn2)no1. The van der Waals surface area contributed by atoms with Crippen LogP contribution in [0.5, 0.6) is 0 Å². The van der Waals surface area contributed by atoms with E-state index in [1.165, 1.54) is 0 Å². The van der Waals surface area contributed by atoms with Crippen LogP contribution in [0.25, 0.3) is 0 Å². The van der Waals surface area contributed by atoms with Crippen molar-refractivity contribution in [3.63, 3.8) is 0 Å². The van der Waals surface area contributed by atoms with Gasteiger partial charge < -0.3 is 9.84 Å². The van der Waals surface area contributed by atoms with E-state index in [1.54, 1.807) is 12.3 Å². The van der Waals surface area contributed by atoms with Crippen LogP contribution in [0.3, 0.4) is 0 Å². The van der Waals surface area contributed by atoms with Gasteiger partial charge in [-0.05, 0) is 12.1 Å². The Hall–Kier alpha value is -2.01. The molecule has 0 aliphatic rings. The topological polar surface area (TPSA) is 63.8 Å². The van der Waals surface area contributed by atoms with Gasteiger partial charge in [0, 0.05) is 18.4 Å². The van der Waals surface area contributed by atoms with E-state index in [1.807, 2.05) is 18.2 Å². The Labute approximate surface area is 99.6 Å². The Balaban J connectivity index is 1.92. The van der Waals surface area contributed by atoms with Crippen LogP contribution in [-0.4, -0.2) is 21.7 Å². The summed E-state index contributed by atoms with van der Waals surface area (Å²) < 4.78 is 5.10. The third kappa shape index (κ3) is 3.49. The number of pyridine rings is 1. The van der Waals surface area contributed by atoms with E-state index in [0.29, 0.717) is 24.7 Å². The van der Waals surface area contributed by atoms with Crippen molar-refractivity contribution < 1.29 is 4.52 Å². The summed E-state index contributed by atoms with van der Waals surface area (Å²) in [5.41, 5.74) is 0.930. The second-order valence-corrected chi connectivity index (χ2v) is 3.52. The summed E-state index contributed by atoms with van der Waals surface area (Å²) >= 11 is 0. The fourth-order valence-electron chi connectivity index (χ4n) is 1.38. The quantitative estimate of drug-likeness (QED) is 0.599. The highest BCUT2D eigenvalue weighted by atomic mass is 16.5. The zero-order valence-corrected chi connectivity index (χ0v) is 9.47. The minimum Gasteiger partial charge on any atom is -0.338 e. The molecule has 0 fully saturated rings. The van der Waals surface area contributed by atoms with Crippen molar-refractivity contribution in [2.45, 2.75) is 13.0 Å². The number of rotatable bonds is 6. The molecule has 0 saturated heterocycles. The van der Waals surface area contributed by atoms with Gasteiger partial charge in [0.05, 0.1) is 13.0 Å². The number of nitrogens with one attached hydrogen (secondary N) is 1. The van der Waals surface area contributed by atoms with Crippen LogP contribution in [0.15, 0.2) is 41.6 Å². The molecule has 88 valence electrons. The predicted octanol–water partition coefficient (Wildman–Crippen LogP) is 1.33. The zero-order valence-electron chi connectivity index (χ0n) is 9.47. The van der Waals surface area contributed by atoms with Crippen LogP contribution in [0.1, 0.15) is 17.4 Å². The number of hydrogen-bond acceptors (Lipinski definition) is 5. The summed E-state index contributed by atoms with van der Waals surface area (Å²) in [5.74, 6) is 1.23. The lowest BCUT2D eigenvalue weighted by Crippen LogP contribution is -2.12. The Morgan fingerprint density at radius 2 is 2.35 bits per heavy atom. The molecule has 0 radical (unpaired) electrons. The van der Waals surface area contributed by atoms with Crippen LogP contribution in [-0.2, 0) is 13.0 Å². The maximum absolute atomic E-state index is 5.10. The molecule has 0 aliphatic carbocycles. The van der Waals surface area contributed by atoms with Crippen molar-refractivity contribution in [3.05, 3.63) is 54.5 Å². The Bertz CT molecular complexity index is 466. The first kappa shape index (κ1) is 11.5. The molecule has 17 heavy (non-hydrogen) atoms. The highest BCUT2D eigenvalue weighted by Crippen LogP contribution is 2.03. The van der Waals surface area contributed by atoms with Crippen molar-refractivity contribution in [3.8, 4) is 0 Å². The van der Waals surface area contributed by atoms with E-state index in [4.69, 9.17) is 4.52 Å². The fourth-order valence-corrected chi connectivity index (χ4v) is 1.38. The van der Waals surface area contributed by atoms with Gasteiger partial charge in [0.1, 0.15) is 0 Å². The molecular weight excluding hydrogens is 216 g/mol. The summed E-state index contributed by atoms with van der Waals surface area (Å²) in [6.45, 7) is 4.89. The number of nitrogens with zero attached hydrogens (tertiary/aromatic N) is 3. The average molecular weight is 230 g/mol. The summed E-state index contributed by atoms with van der Waals surface area (Å²) in [6.07, 6.45) is 4.12. The first-order valence-electron chi connectivity index (χ1n) is 5.41. The molecule has 2 rings (SSSR count). The van der Waals surface area contributed by atoms with Crippen LogP contribution >= 0.6 is 0 Å². The van der Waals surface area contributed by atoms with Crippen LogP contribution in [0.4, 0.5) is 0 Å². The lowest BCUT2D eigenvalue weighted by atomic mass is 10.2. The molecular formula is C12H14N4O. The molecule has 0 aromatic carbocycles. The third-order valence-electron chi connectivity index (χ3n) is 2.14. The summed E-state index contributed by atoms with van der Waals surface area (Å²) in [7, 11) is 0. The average Bonchev–Trinajstić information content (AvgIpc) is 2.79. The molecule has 5 nitrogen and oxygen atoms in total. The van der Waals surface area contributed by atoms with Gasteiger partial charge in [0.25, 0.3) is 0 Å². The lowest BCUT2D eigenvalue weighted by molar-refractivity contribution is 0.366. The molecule has 0 amide bonds. The molecule has 0 atom stereocenters. The van der Waals surface area contributed by atoms with Gasteiger partial charge in [-0.15, -0.1) is 6.58 Å². The van der Waals surface area contributed by atoms with E-state index in [0.717, 1.165) is 12.2 Å². The van der Waals surface area contributed by atoms with Gasteiger partial charge in [-0.2, -0.15) is 4.98 Å². The van der Waals surface area contributed by atoms with Crippen molar-refractivity contribution in [1.82, 2.24) is 20.4 Å². The Morgan fingerprint density at radius 3 is 3.12 bits per heavy atom. The highest BCUT2D eigenvalue weighted by Gasteiger charge is 2.06. The zero-order chi connectivity index (χ0) is 11.9. The predicted molar refractivity (Wildman–Crippen MR) is 63.2 cm³/mol. The highest BCUT2D eigenvalue weighted by molar-refractivity contribution is 5.09. The maximum atomic E-state index is 5.10. The standard InChI is InChI=1S/C12H14N4O/c1-2-6-13-9-12-15-11(16-17-12)8-10-5-3-4-7-14-10/h2-5,7,13H,1,6,8-9H2. The molecule has 1 N–H and O–H groups in total. The number of hydrogen-bond donors (Lipinski definition) is 1. The third-order valence-corrected chi connectivity index (χ3v) is 2.14. The maximum Gasteiger partial charge on any atom is 0.240 e. The normalized spacial score (nSPS) is 10.4. The number of aromatic nitrogens is 3. The molecule has 0 aliphatic heterocycles. The van der Waals surface area contributed by atoms with Crippen LogP contribution in [0.2, 0.25) is 0 Å². The first-order chi connectivity index (χ1) is 8.38. The fraction of sp³-hybridized carbons (Fsp3) is 0.250. The summed E-state index contributed by atoms with van der Waals surface area (Å²) in [6, 6.07) is 5.76. The summed E-state index contributed by atoms with van der Waals surface area (Å²) in [5, 5.41) is 7.00. The molecule has 0 bridgehead atoms. The Morgan fingerprint density at radius 1 is 1.41 bits per heavy atom. The molecule has 5 heteroatoms.